The van der Waals surface area contributed by atoms with E-state index < -0.39 is 5.97 Å². The Hall–Kier alpha value is -2.34. The first-order valence-corrected chi connectivity index (χ1v) is 7.66. The van der Waals surface area contributed by atoms with Crippen molar-refractivity contribution in [2.75, 3.05) is 6.61 Å². The molecular formula is C16H17NO4S. The normalized spacial score (nSPS) is 10.3. The fraction of sp³-hybridized carbons (Fsp3) is 0.250. The summed E-state index contributed by atoms with van der Waals surface area (Å²) >= 11 is 0.958. The highest BCUT2D eigenvalue weighted by molar-refractivity contribution is 7.15. The van der Waals surface area contributed by atoms with E-state index in [1.54, 1.807) is 0 Å². The molecule has 5 nitrogen and oxygen atoms in total. The molecule has 0 radical (unpaired) electrons. The number of thiophene rings is 1. The number of benzene rings is 1. The number of carbonyl (C=O) groups excluding carboxylic acids is 1. The first-order valence-electron chi connectivity index (χ1n) is 6.85. The Bertz CT molecular complexity index is 693. The van der Waals surface area contributed by atoms with Crippen molar-refractivity contribution in [3.05, 3.63) is 51.2 Å². The third-order valence-electron chi connectivity index (χ3n) is 3.00. The molecule has 1 aromatic carbocycles. The van der Waals surface area contributed by atoms with E-state index in [0.29, 0.717) is 18.0 Å². The predicted molar refractivity (Wildman–Crippen MR) is 84.8 cm³/mol. The second-order valence-corrected chi connectivity index (χ2v) is 5.78. The SMILES string of the molecule is CCOc1cc(C)ccc1CNC(=O)c1ccc(C(=O)O)s1. The van der Waals surface area contributed by atoms with Crippen molar-refractivity contribution < 1.29 is 19.4 Å². The molecule has 2 N–H and O–H groups in total. The van der Waals surface area contributed by atoms with Crippen LogP contribution in [0.3, 0.4) is 0 Å². The molecule has 0 aliphatic rings. The van der Waals surface area contributed by atoms with Gasteiger partial charge in [0.1, 0.15) is 10.6 Å². The van der Waals surface area contributed by atoms with Gasteiger partial charge in [-0.2, -0.15) is 0 Å². The molecule has 0 unspecified atom stereocenters. The third kappa shape index (κ3) is 3.85. The van der Waals surface area contributed by atoms with Crippen LogP contribution >= 0.6 is 11.3 Å². The van der Waals surface area contributed by atoms with Gasteiger partial charge in [0, 0.05) is 12.1 Å². The van der Waals surface area contributed by atoms with Crippen molar-refractivity contribution in [2.24, 2.45) is 0 Å². The van der Waals surface area contributed by atoms with Gasteiger partial charge in [-0.05, 0) is 37.6 Å². The second-order valence-electron chi connectivity index (χ2n) is 4.70. The van der Waals surface area contributed by atoms with Crippen LogP contribution < -0.4 is 10.1 Å². The summed E-state index contributed by atoms with van der Waals surface area (Å²) in [6.07, 6.45) is 0. The van der Waals surface area contributed by atoms with Gasteiger partial charge in [-0.15, -0.1) is 11.3 Å². The van der Waals surface area contributed by atoms with E-state index in [9.17, 15) is 9.59 Å². The number of carboxylic acids is 1. The monoisotopic (exact) mass is 319 g/mol. The number of amides is 1. The van der Waals surface area contributed by atoms with Crippen LogP contribution in [0.1, 0.15) is 37.4 Å². The van der Waals surface area contributed by atoms with Gasteiger partial charge >= 0.3 is 5.97 Å². The molecule has 22 heavy (non-hydrogen) atoms. The molecule has 0 bridgehead atoms. The summed E-state index contributed by atoms with van der Waals surface area (Å²) in [4.78, 5) is 23.4. The summed E-state index contributed by atoms with van der Waals surface area (Å²) < 4.78 is 5.56. The van der Waals surface area contributed by atoms with E-state index in [4.69, 9.17) is 9.84 Å². The maximum atomic E-state index is 12.1. The zero-order valence-electron chi connectivity index (χ0n) is 12.4. The Morgan fingerprint density at radius 3 is 2.59 bits per heavy atom. The molecule has 6 heteroatoms. The number of hydrogen-bond donors (Lipinski definition) is 2. The molecule has 0 aliphatic carbocycles. The Labute approximate surface area is 132 Å². The molecule has 0 saturated carbocycles. The van der Waals surface area contributed by atoms with Gasteiger partial charge in [-0.25, -0.2) is 4.79 Å². The summed E-state index contributed by atoms with van der Waals surface area (Å²) in [5, 5.41) is 11.7. The second kappa shape index (κ2) is 7.09. The lowest BCUT2D eigenvalue weighted by molar-refractivity contribution is 0.0702. The number of aryl methyl sites for hydroxylation is 1. The number of nitrogens with one attached hydrogen (secondary N) is 1. The van der Waals surface area contributed by atoms with Crippen molar-refractivity contribution in [2.45, 2.75) is 20.4 Å². The molecule has 1 heterocycles. The summed E-state index contributed by atoms with van der Waals surface area (Å²) in [6, 6.07) is 8.75. The van der Waals surface area contributed by atoms with Crippen LogP contribution in [0.15, 0.2) is 30.3 Å². The van der Waals surface area contributed by atoms with Crippen molar-refractivity contribution >= 4 is 23.2 Å². The summed E-state index contributed by atoms with van der Waals surface area (Å²) in [5.41, 5.74) is 1.97. The Kier molecular flexibility index (Phi) is 5.16. The van der Waals surface area contributed by atoms with Crippen LogP contribution in [0.2, 0.25) is 0 Å². The van der Waals surface area contributed by atoms with E-state index in [1.165, 1.54) is 12.1 Å². The molecule has 2 aromatic rings. The van der Waals surface area contributed by atoms with Crippen molar-refractivity contribution in [3.63, 3.8) is 0 Å². The minimum atomic E-state index is -1.03. The molecule has 2 rings (SSSR count). The van der Waals surface area contributed by atoms with Gasteiger partial charge in [0.2, 0.25) is 0 Å². The Morgan fingerprint density at radius 1 is 1.23 bits per heavy atom. The smallest absolute Gasteiger partial charge is 0.345 e. The molecule has 0 atom stereocenters. The summed E-state index contributed by atoms with van der Waals surface area (Å²) in [5.74, 6) is -0.568. The predicted octanol–water partition coefficient (Wildman–Crippen LogP) is 3.08. The molecule has 116 valence electrons. The van der Waals surface area contributed by atoms with Gasteiger partial charge in [-0.1, -0.05) is 12.1 Å². The lowest BCUT2D eigenvalue weighted by Gasteiger charge is -2.11. The number of rotatable bonds is 6. The molecule has 0 saturated heterocycles. The average molecular weight is 319 g/mol. The van der Waals surface area contributed by atoms with E-state index in [2.05, 4.69) is 5.32 Å². The number of carbonyl (C=O) groups is 2. The highest BCUT2D eigenvalue weighted by Crippen LogP contribution is 2.21. The fourth-order valence-electron chi connectivity index (χ4n) is 1.94. The average Bonchev–Trinajstić information content (AvgIpc) is 2.96. The quantitative estimate of drug-likeness (QED) is 0.858. The van der Waals surface area contributed by atoms with Crippen molar-refractivity contribution in [3.8, 4) is 5.75 Å². The van der Waals surface area contributed by atoms with E-state index >= 15 is 0 Å². The Morgan fingerprint density at radius 2 is 1.95 bits per heavy atom. The molecule has 0 fully saturated rings. The van der Waals surface area contributed by atoms with Crippen LogP contribution in [0, 0.1) is 6.92 Å². The maximum absolute atomic E-state index is 12.1. The zero-order valence-corrected chi connectivity index (χ0v) is 13.2. The van der Waals surface area contributed by atoms with Crippen LogP contribution in [0.25, 0.3) is 0 Å². The lowest BCUT2D eigenvalue weighted by Crippen LogP contribution is -2.22. The highest BCUT2D eigenvalue weighted by Gasteiger charge is 2.13. The number of carboxylic acid groups (broad SMARTS) is 1. The molecule has 0 spiro atoms. The first kappa shape index (κ1) is 16.0. The third-order valence-corrected chi connectivity index (χ3v) is 4.07. The summed E-state index contributed by atoms with van der Waals surface area (Å²) in [6.45, 7) is 4.76. The molecule has 1 aromatic heterocycles. The lowest BCUT2D eigenvalue weighted by atomic mass is 10.1. The number of aromatic carboxylic acids is 1. The molecular weight excluding hydrogens is 302 g/mol. The topological polar surface area (TPSA) is 75.6 Å². The minimum Gasteiger partial charge on any atom is -0.494 e. The largest absolute Gasteiger partial charge is 0.494 e. The zero-order chi connectivity index (χ0) is 16.1. The number of hydrogen-bond acceptors (Lipinski definition) is 4. The fourth-order valence-corrected chi connectivity index (χ4v) is 2.70. The van der Waals surface area contributed by atoms with E-state index in [1.807, 2.05) is 32.0 Å². The highest BCUT2D eigenvalue weighted by atomic mass is 32.1. The van der Waals surface area contributed by atoms with Crippen LogP contribution in [0.5, 0.6) is 5.75 Å². The standard InChI is InChI=1S/C16H17NO4S/c1-3-21-12-8-10(2)4-5-11(12)9-17-15(18)13-6-7-14(22-13)16(19)20/h4-8H,3,9H2,1-2H3,(H,17,18)(H,19,20). The van der Waals surface area contributed by atoms with E-state index in [-0.39, 0.29) is 10.8 Å². The van der Waals surface area contributed by atoms with Gasteiger partial charge in [0.15, 0.2) is 0 Å². The minimum absolute atomic E-state index is 0.149. The maximum Gasteiger partial charge on any atom is 0.345 e. The van der Waals surface area contributed by atoms with Gasteiger partial charge < -0.3 is 15.2 Å². The number of ether oxygens (including phenoxy) is 1. The van der Waals surface area contributed by atoms with Crippen molar-refractivity contribution in [1.82, 2.24) is 5.32 Å². The van der Waals surface area contributed by atoms with Crippen LogP contribution in [0.4, 0.5) is 0 Å². The van der Waals surface area contributed by atoms with Gasteiger partial charge in [0.05, 0.1) is 11.5 Å². The molecule has 0 aliphatic heterocycles. The van der Waals surface area contributed by atoms with Crippen LogP contribution in [-0.2, 0) is 6.54 Å². The van der Waals surface area contributed by atoms with Gasteiger partial charge in [-0.3, -0.25) is 4.79 Å². The molecule has 1 amide bonds. The summed E-state index contributed by atoms with van der Waals surface area (Å²) in [7, 11) is 0. The first-order chi connectivity index (χ1) is 10.5. The Balaban J connectivity index is 2.05. The van der Waals surface area contributed by atoms with Gasteiger partial charge in [0.25, 0.3) is 5.91 Å². The van der Waals surface area contributed by atoms with Crippen molar-refractivity contribution in [1.29, 1.82) is 0 Å². The van der Waals surface area contributed by atoms with Crippen LogP contribution in [-0.4, -0.2) is 23.6 Å². The van der Waals surface area contributed by atoms with E-state index in [0.717, 1.165) is 28.2 Å².